The number of ether oxygens (including phenoxy) is 5. The van der Waals surface area contributed by atoms with Crippen molar-refractivity contribution in [2.45, 2.75) is 30.7 Å². The normalized spacial score (nSPS) is 16.9. The maximum atomic E-state index is 13.4. The molecule has 1 heterocycles. The van der Waals surface area contributed by atoms with Crippen LogP contribution in [0.2, 0.25) is 0 Å². The van der Waals surface area contributed by atoms with Gasteiger partial charge in [-0.25, -0.2) is 9.59 Å². The molecule has 0 N–H and O–H groups in total. The zero-order chi connectivity index (χ0) is 26.3. The molecule has 0 saturated carbocycles. The van der Waals surface area contributed by atoms with E-state index in [1.807, 2.05) is 0 Å². The van der Waals surface area contributed by atoms with Gasteiger partial charge in [-0.2, -0.15) is 26.3 Å². The summed E-state index contributed by atoms with van der Waals surface area (Å²) in [5.41, 5.74) is -6.83. The second-order valence-corrected chi connectivity index (χ2v) is 7.19. The van der Waals surface area contributed by atoms with Crippen molar-refractivity contribution < 1.29 is 59.6 Å². The number of alkyl halides is 6. The molecule has 1 aliphatic heterocycles. The first-order chi connectivity index (χ1) is 16.3. The fourth-order valence-corrected chi connectivity index (χ4v) is 3.04. The molecule has 1 unspecified atom stereocenters. The molecule has 1 aromatic carbocycles. The van der Waals surface area contributed by atoms with Crippen molar-refractivity contribution >= 4 is 11.9 Å². The van der Waals surface area contributed by atoms with E-state index in [1.165, 1.54) is 0 Å². The molecule has 0 aromatic heterocycles. The van der Waals surface area contributed by atoms with Crippen LogP contribution in [0.3, 0.4) is 0 Å². The van der Waals surface area contributed by atoms with Crippen molar-refractivity contribution in [3.05, 3.63) is 60.2 Å². The van der Waals surface area contributed by atoms with Crippen LogP contribution < -0.4 is 0 Å². The maximum absolute atomic E-state index is 13.4. The highest BCUT2D eigenvalue weighted by Crippen LogP contribution is 2.37. The highest BCUT2D eigenvalue weighted by molar-refractivity contribution is 6.04. The average molecular weight is 512 g/mol. The minimum Gasteiger partial charge on any atom is -0.459 e. The number of esters is 2. The van der Waals surface area contributed by atoms with Gasteiger partial charge >= 0.3 is 24.3 Å². The van der Waals surface area contributed by atoms with Crippen molar-refractivity contribution in [1.29, 1.82) is 0 Å². The number of benzene rings is 1. The molecular formula is C22H22F6O7. The maximum Gasteiger partial charge on any atom is 0.416 e. The molecule has 0 bridgehead atoms. The highest BCUT2D eigenvalue weighted by atomic mass is 19.4. The Balaban J connectivity index is 2.65. The molecule has 1 aliphatic rings. The van der Waals surface area contributed by atoms with E-state index in [4.69, 9.17) is 23.7 Å². The lowest BCUT2D eigenvalue weighted by atomic mass is 9.91. The van der Waals surface area contributed by atoms with Gasteiger partial charge in [-0.3, -0.25) is 0 Å². The zero-order valence-corrected chi connectivity index (χ0v) is 18.2. The fraction of sp³-hybridized carbons (Fsp3) is 0.455. The van der Waals surface area contributed by atoms with Crippen LogP contribution in [-0.2, 0) is 52.0 Å². The Morgan fingerprint density at radius 3 is 1.83 bits per heavy atom. The first kappa shape index (κ1) is 28.3. The van der Waals surface area contributed by atoms with Gasteiger partial charge < -0.3 is 23.7 Å². The van der Waals surface area contributed by atoms with Crippen LogP contribution >= 0.6 is 0 Å². The minimum absolute atomic E-state index is 0.0219. The molecule has 1 fully saturated rings. The fourth-order valence-electron chi connectivity index (χ4n) is 3.04. The SMILES string of the molecule is C=CCOC(=O)C(Cc1cc(C(F)(F)F)cc(C(F)(F)F)c1)(OC1COCCO1)C(=O)OCC=C. The van der Waals surface area contributed by atoms with E-state index in [-0.39, 0.29) is 25.9 Å². The Kier molecular flexibility index (Phi) is 9.46. The van der Waals surface area contributed by atoms with E-state index < -0.39 is 72.5 Å². The second-order valence-electron chi connectivity index (χ2n) is 7.19. The number of hydrogen-bond acceptors (Lipinski definition) is 7. The van der Waals surface area contributed by atoms with Gasteiger partial charge in [0.2, 0.25) is 0 Å². The topological polar surface area (TPSA) is 80.3 Å². The smallest absolute Gasteiger partial charge is 0.416 e. The second kappa shape index (κ2) is 11.7. The third-order valence-corrected chi connectivity index (χ3v) is 4.54. The Hall–Kier alpha value is -2.90. The summed E-state index contributed by atoms with van der Waals surface area (Å²) in [4.78, 5) is 26.0. The van der Waals surface area contributed by atoms with Gasteiger partial charge in [0.15, 0.2) is 6.29 Å². The summed E-state index contributed by atoms with van der Waals surface area (Å²) in [5.74, 6) is -2.88. The molecule has 7 nitrogen and oxygen atoms in total. The van der Waals surface area contributed by atoms with Gasteiger partial charge in [0.05, 0.1) is 30.9 Å². The first-order valence-electron chi connectivity index (χ1n) is 10.0. The summed E-state index contributed by atoms with van der Waals surface area (Å²) in [6.07, 6.45) is -10.6. The van der Waals surface area contributed by atoms with Crippen LogP contribution in [0, 0.1) is 0 Å². The van der Waals surface area contributed by atoms with Gasteiger partial charge in [0.25, 0.3) is 5.60 Å². The van der Waals surface area contributed by atoms with Crippen LogP contribution in [-0.4, -0.2) is 56.9 Å². The number of rotatable bonds is 10. The average Bonchev–Trinajstić information content (AvgIpc) is 2.79. The quantitative estimate of drug-likeness (QED) is 0.204. The summed E-state index contributed by atoms with van der Waals surface area (Å²) in [7, 11) is 0. The van der Waals surface area contributed by atoms with Gasteiger partial charge in [-0.05, 0) is 23.8 Å². The van der Waals surface area contributed by atoms with Gasteiger partial charge in [-0.1, -0.05) is 25.3 Å². The summed E-state index contributed by atoms with van der Waals surface area (Å²) >= 11 is 0. The van der Waals surface area contributed by atoms with Crippen molar-refractivity contribution in [3.8, 4) is 0 Å². The molecule has 0 spiro atoms. The molecule has 1 atom stereocenters. The molecule has 0 amide bonds. The molecule has 0 aliphatic carbocycles. The summed E-state index contributed by atoms with van der Waals surface area (Å²) in [6.45, 7) is 5.63. The standard InChI is InChI=1S/C22H22F6O7/c1-3-5-33-18(29)20(19(30)34-6-4-2,35-17-13-31-7-8-32-17)12-14-9-15(21(23,24)25)11-16(10-14)22(26,27)28/h3-4,9-11,17H,1-2,5-8,12-13H2. The van der Waals surface area contributed by atoms with Crippen LogP contribution in [0.25, 0.3) is 0 Å². The van der Waals surface area contributed by atoms with Gasteiger partial charge in [0.1, 0.15) is 13.2 Å². The van der Waals surface area contributed by atoms with E-state index in [1.54, 1.807) is 0 Å². The minimum atomic E-state index is -5.16. The molecule has 0 radical (unpaired) electrons. The monoisotopic (exact) mass is 512 g/mol. The Morgan fingerprint density at radius 2 is 1.43 bits per heavy atom. The van der Waals surface area contributed by atoms with Crippen LogP contribution in [0.5, 0.6) is 0 Å². The summed E-state index contributed by atoms with van der Waals surface area (Å²) < 4.78 is 106. The third kappa shape index (κ3) is 7.54. The van der Waals surface area contributed by atoms with Crippen LogP contribution in [0.4, 0.5) is 26.3 Å². The molecular weight excluding hydrogens is 490 g/mol. The first-order valence-corrected chi connectivity index (χ1v) is 10.0. The Labute approximate surface area is 196 Å². The van der Waals surface area contributed by atoms with E-state index >= 15 is 0 Å². The molecule has 2 rings (SSSR count). The Morgan fingerprint density at radius 1 is 0.914 bits per heavy atom. The predicted molar refractivity (Wildman–Crippen MR) is 107 cm³/mol. The number of halogens is 6. The largest absolute Gasteiger partial charge is 0.459 e. The highest BCUT2D eigenvalue weighted by Gasteiger charge is 2.53. The van der Waals surface area contributed by atoms with Crippen LogP contribution in [0.1, 0.15) is 16.7 Å². The summed E-state index contributed by atoms with van der Waals surface area (Å²) in [5, 5.41) is 0. The molecule has 1 aromatic rings. The van der Waals surface area contributed by atoms with Crippen molar-refractivity contribution in [1.82, 2.24) is 0 Å². The number of carbonyl (C=O) groups is 2. The van der Waals surface area contributed by atoms with E-state index in [9.17, 15) is 35.9 Å². The summed E-state index contributed by atoms with van der Waals surface area (Å²) in [6, 6.07) is 0.649. The lowest BCUT2D eigenvalue weighted by Crippen LogP contribution is -2.56. The molecule has 194 valence electrons. The third-order valence-electron chi connectivity index (χ3n) is 4.54. The lowest BCUT2D eigenvalue weighted by molar-refractivity contribution is -0.261. The zero-order valence-electron chi connectivity index (χ0n) is 18.2. The molecule has 35 heavy (non-hydrogen) atoms. The van der Waals surface area contributed by atoms with E-state index in [0.29, 0.717) is 12.1 Å². The van der Waals surface area contributed by atoms with Crippen molar-refractivity contribution in [2.75, 3.05) is 33.0 Å². The van der Waals surface area contributed by atoms with Crippen LogP contribution in [0.15, 0.2) is 43.5 Å². The van der Waals surface area contributed by atoms with Crippen molar-refractivity contribution in [2.24, 2.45) is 0 Å². The Bertz CT molecular complexity index is 864. The molecule has 13 heteroatoms. The van der Waals surface area contributed by atoms with E-state index in [0.717, 1.165) is 12.2 Å². The lowest BCUT2D eigenvalue weighted by Gasteiger charge is -2.34. The van der Waals surface area contributed by atoms with Crippen molar-refractivity contribution in [3.63, 3.8) is 0 Å². The predicted octanol–water partition coefficient (Wildman–Crippen LogP) is 3.85. The van der Waals surface area contributed by atoms with Gasteiger partial charge in [-0.15, -0.1) is 0 Å². The molecule has 1 saturated heterocycles. The number of hydrogen-bond donors (Lipinski definition) is 0. The number of carbonyl (C=O) groups excluding carboxylic acids is 2. The van der Waals surface area contributed by atoms with Gasteiger partial charge in [0, 0.05) is 6.42 Å². The van der Waals surface area contributed by atoms with E-state index in [2.05, 4.69) is 13.2 Å².